The highest BCUT2D eigenvalue weighted by Crippen LogP contribution is 2.41. The van der Waals surface area contributed by atoms with Crippen LogP contribution in [0.2, 0.25) is 0 Å². The van der Waals surface area contributed by atoms with E-state index in [0.29, 0.717) is 51.0 Å². The summed E-state index contributed by atoms with van der Waals surface area (Å²) in [6.45, 7) is 2.07. The standard InChI is InChI=1S/C26H26F6N2O3/c1-16(17-13-19(25(27,28)29)15-20(14-17)26(30,31)32)22(35)33-24(18-5-3-2-4-6-18)9-7-21(8-10-24)34-11-12-37-23(34)36/h2-6,13-16,21H,7-12H2,1H3,(H,33,35). The van der Waals surface area contributed by atoms with E-state index in [1.165, 1.54) is 6.92 Å². The number of carbonyl (C=O) groups is 2. The predicted octanol–water partition coefficient (Wildman–Crippen LogP) is 6.23. The fourth-order valence-corrected chi connectivity index (χ4v) is 5.11. The molecular weight excluding hydrogens is 502 g/mol. The Hall–Kier alpha value is -3.24. The summed E-state index contributed by atoms with van der Waals surface area (Å²) in [4.78, 5) is 27.0. The number of halogens is 6. The van der Waals surface area contributed by atoms with Gasteiger partial charge in [0.25, 0.3) is 0 Å². The van der Waals surface area contributed by atoms with E-state index in [9.17, 15) is 35.9 Å². The lowest BCUT2D eigenvalue weighted by atomic mass is 9.74. The highest BCUT2D eigenvalue weighted by molar-refractivity contribution is 5.84. The van der Waals surface area contributed by atoms with E-state index in [1.807, 2.05) is 12.1 Å². The molecule has 2 aromatic carbocycles. The van der Waals surface area contributed by atoms with E-state index in [-0.39, 0.29) is 23.8 Å². The van der Waals surface area contributed by atoms with E-state index in [0.717, 1.165) is 5.56 Å². The molecule has 11 heteroatoms. The van der Waals surface area contributed by atoms with Crippen LogP contribution < -0.4 is 5.32 Å². The Labute approximate surface area is 209 Å². The van der Waals surface area contributed by atoms with Crippen LogP contribution in [-0.2, 0) is 27.4 Å². The van der Waals surface area contributed by atoms with Crippen molar-refractivity contribution in [2.75, 3.05) is 13.2 Å². The molecule has 4 rings (SSSR count). The number of amides is 2. The van der Waals surface area contributed by atoms with Crippen LogP contribution in [0.25, 0.3) is 0 Å². The number of benzene rings is 2. The van der Waals surface area contributed by atoms with Crippen molar-refractivity contribution in [1.29, 1.82) is 0 Å². The van der Waals surface area contributed by atoms with Crippen LogP contribution in [0.3, 0.4) is 0 Å². The zero-order chi connectivity index (χ0) is 27.0. The van der Waals surface area contributed by atoms with Crippen molar-refractivity contribution < 1.29 is 40.7 Å². The normalized spacial score (nSPS) is 23.5. The van der Waals surface area contributed by atoms with Crippen LogP contribution in [0, 0.1) is 0 Å². The van der Waals surface area contributed by atoms with Crippen LogP contribution in [0.15, 0.2) is 48.5 Å². The number of carbonyl (C=O) groups excluding carboxylic acids is 2. The maximum atomic E-state index is 13.3. The zero-order valence-corrected chi connectivity index (χ0v) is 20.0. The van der Waals surface area contributed by atoms with Gasteiger partial charge < -0.3 is 15.0 Å². The van der Waals surface area contributed by atoms with Crippen LogP contribution in [0.5, 0.6) is 0 Å². The van der Waals surface area contributed by atoms with E-state index in [2.05, 4.69) is 5.32 Å². The number of nitrogens with zero attached hydrogens (tertiary/aromatic N) is 1. The topological polar surface area (TPSA) is 58.6 Å². The van der Waals surface area contributed by atoms with Crippen molar-refractivity contribution in [3.8, 4) is 0 Å². The Balaban J connectivity index is 1.61. The summed E-state index contributed by atoms with van der Waals surface area (Å²) in [5.41, 5.74) is -3.42. The molecule has 0 radical (unpaired) electrons. The van der Waals surface area contributed by atoms with Crippen LogP contribution in [0.4, 0.5) is 31.1 Å². The number of hydrogen-bond acceptors (Lipinski definition) is 3. The van der Waals surface area contributed by atoms with Crippen molar-refractivity contribution in [3.05, 3.63) is 70.8 Å². The Kier molecular flexibility index (Phi) is 7.18. The van der Waals surface area contributed by atoms with Crippen molar-refractivity contribution >= 4 is 12.0 Å². The maximum absolute atomic E-state index is 13.3. The van der Waals surface area contributed by atoms with Gasteiger partial charge in [-0.15, -0.1) is 0 Å². The molecular formula is C26H26F6N2O3. The van der Waals surface area contributed by atoms with E-state index >= 15 is 0 Å². The van der Waals surface area contributed by atoms with Gasteiger partial charge in [0, 0.05) is 6.04 Å². The second-order valence-corrected chi connectivity index (χ2v) is 9.54. The molecule has 0 spiro atoms. The predicted molar refractivity (Wildman–Crippen MR) is 121 cm³/mol. The summed E-state index contributed by atoms with van der Waals surface area (Å²) < 4.78 is 85.1. The molecule has 1 heterocycles. The van der Waals surface area contributed by atoms with Crippen molar-refractivity contribution in [3.63, 3.8) is 0 Å². The number of rotatable bonds is 5. The second kappa shape index (κ2) is 9.90. The summed E-state index contributed by atoms with van der Waals surface area (Å²) >= 11 is 0. The minimum absolute atomic E-state index is 0.0459. The Morgan fingerprint density at radius 1 is 1.00 bits per heavy atom. The van der Waals surface area contributed by atoms with Crippen LogP contribution in [0.1, 0.15) is 60.8 Å². The van der Waals surface area contributed by atoms with Gasteiger partial charge in [-0.1, -0.05) is 30.3 Å². The molecule has 1 unspecified atom stereocenters. The number of nitrogens with one attached hydrogen (secondary N) is 1. The minimum Gasteiger partial charge on any atom is -0.448 e. The van der Waals surface area contributed by atoms with Gasteiger partial charge in [-0.05, 0) is 61.9 Å². The van der Waals surface area contributed by atoms with Crippen molar-refractivity contribution in [2.45, 2.75) is 62.5 Å². The monoisotopic (exact) mass is 528 g/mol. The van der Waals surface area contributed by atoms with Gasteiger partial charge in [0.1, 0.15) is 6.61 Å². The highest BCUT2D eigenvalue weighted by Gasteiger charge is 2.43. The summed E-state index contributed by atoms with van der Waals surface area (Å²) in [5, 5.41) is 2.95. The lowest BCUT2D eigenvalue weighted by Gasteiger charge is -2.43. The van der Waals surface area contributed by atoms with Gasteiger partial charge in [-0.25, -0.2) is 4.79 Å². The first-order valence-electron chi connectivity index (χ1n) is 11.9. The summed E-state index contributed by atoms with van der Waals surface area (Å²) in [7, 11) is 0. The van der Waals surface area contributed by atoms with Gasteiger partial charge in [-0.3, -0.25) is 4.79 Å². The molecule has 1 saturated carbocycles. The first kappa shape index (κ1) is 26.8. The van der Waals surface area contributed by atoms with Crippen molar-refractivity contribution in [1.82, 2.24) is 10.2 Å². The summed E-state index contributed by atoms with van der Waals surface area (Å²) in [5.74, 6) is -1.97. The second-order valence-electron chi connectivity index (χ2n) is 9.54. The molecule has 37 heavy (non-hydrogen) atoms. The number of cyclic esters (lactones) is 1. The zero-order valence-electron chi connectivity index (χ0n) is 20.0. The van der Waals surface area contributed by atoms with Gasteiger partial charge in [0.05, 0.1) is 29.1 Å². The van der Waals surface area contributed by atoms with E-state index in [4.69, 9.17) is 4.74 Å². The molecule has 200 valence electrons. The average Bonchev–Trinajstić information content (AvgIpc) is 3.29. The fraction of sp³-hybridized carbons (Fsp3) is 0.462. The number of alkyl halides is 6. The number of hydrogen-bond donors (Lipinski definition) is 1. The molecule has 0 aromatic heterocycles. The quantitative estimate of drug-likeness (QED) is 0.468. The van der Waals surface area contributed by atoms with Crippen LogP contribution >= 0.6 is 0 Å². The van der Waals surface area contributed by atoms with Gasteiger partial charge >= 0.3 is 18.4 Å². The molecule has 5 nitrogen and oxygen atoms in total. The molecule has 2 aliphatic rings. The van der Waals surface area contributed by atoms with E-state index < -0.39 is 40.8 Å². The average molecular weight is 528 g/mol. The lowest BCUT2D eigenvalue weighted by molar-refractivity contribution is -0.143. The molecule has 1 aliphatic carbocycles. The molecule has 1 saturated heterocycles. The minimum atomic E-state index is -5.01. The molecule has 2 aromatic rings. The number of ether oxygens (including phenoxy) is 1. The third kappa shape index (κ3) is 5.70. The molecule has 2 amide bonds. The lowest BCUT2D eigenvalue weighted by Crippen LogP contribution is -2.52. The third-order valence-corrected chi connectivity index (χ3v) is 7.23. The highest BCUT2D eigenvalue weighted by atomic mass is 19.4. The fourth-order valence-electron chi connectivity index (χ4n) is 5.11. The van der Waals surface area contributed by atoms with Gasteiger partial charge in [0.2, 0.25) is 5.91 Å². The molecule has 0 bridgehead atoms. The van der Waals surface area contributed by atoms with Crippen LogP contribution in [-0.4, -0.2) is 36.1 Å². The Bertz CT molecular complexity index is 1110. The molecule has 1 N–H and O–H groups in total. The summed E-state index contributed by atoms with van der Waals surface area (Å²) in [6, 6.07) is 10.2. The third-order valence-electron chi connectivity index (χ3n) is 7.23. The van der Waals surface area contributed by atoms with E-state index in [1.54, 1.807) is 23.1 Å². The largest absolute Gasteiger partial charge is 0.448 e. The smallest absolute Gasteiger partial charge is 0.416 e. The summed E-state index contributed by atoms with van der Waals surface area (Å²) in [6.07, 6.45) is -8.46. The first-order valence-corrected chi connectivity index (χ1v) is 11.9. The molecule has 1 atom stereocenters. The maximum Gasteiger partial charge on any atom is 0.416 e. The van der Waals surface area contributed by atoms with Gasteiger partial charge in [0.15, 0.2) is 0 Å². The van der Waals surface area contributed by atoms with Gasteiger partial charge in [-0.2, -0.15) is 26.3 Å². The molecule has 2 fully saturated rings. The molecule has 1 aliphatic heterocycles. The van der Waals surface area contributed by atoms with Crippen molar-refractivity contribution in [2.24, 2.45) is 0 Å². The first-order chi connectivity index (χ1) is 17.3. The Morgan fingerprint density at radius 2 is 1.57 bits per heavy atom. The SMILES string of the molecule is CC(C(=O)NC1(c2ccccc2)CCC(N2CCOC2=O)CC1)c1cc(C(F)(F)F)cc(C(F)(F)F)c1. The Morgan fingerprint density at radius 3 is 2.05 bits per heavy atom.